The molecule has 5 nitrogen and oxygen atoms in total. The molecule has 1 aromatic carbocycles. The summed E-state index contributed by atoms with van der Waals surface area (Å²) in [5.41, 5.74) is 2.25. The minimum Gasteiger partial charge on any atom is -0.377 e. The average Bonchev–Trinajstić information content (AvgIpc) is 3.37. The summed E-state index contributed by atoms with van der Waals surface area (Å²) in [6.07, 6.45) is 10.1. The molecule has 1 aromatic heterocycles. The van der Waals surface area contributed by atoms with Crippen molar-refractivity contribution in [2.45, 2.75) is 69.5 Å². The largest absolute Gasteiger partial charge is 0.377 e. The van der Waals surface area contributed by atoms with Crippen LogP contribution in [0.4, 0.5) is 11.5 Å². The predicted molar refractivity (Wildman–Crippen MR) is 134 cm³/mol. The lowest BCUT2D eigenvalue weighted by molar-refractivity contribution is 0.369. The van der Waals surface area contributed by atoms with Crippen LogP contribution in [0.3, 0.4) is 0 Å². The van der Waals surface area contributed by atoms with Crippen molar-refractivity contribution in [2.75, 3.05) is 24.3 Å². The number of thiocarbonyl (C=S) groups is 1. The summed E-state index contributed by atoms with van der Waals surface area (Å²) in [6, 6.07) is 12.1. The van der Waals surface area contributed by atoms with Crippen LogP contribution in [0.15, 0.2) is 30.3 Å². The molecular formula is C25H35N5S. The third kappa shape index (κ3) is 4.59. The molecule has 3 saturated carbocycles. The van der Waals surface area contributed by atoms with Gasteiger partial charge in [-0.25, -0.2) is 4.98 Å². The van der Waals surface area contributed by atoms with Crippen LogP contribution in [0.2, 0.25) is 0 Å². The van der Waals surface area contributed by atoms with Gasteiger partial charge in [0, 0.05) is 49.4 Å². The molecule has 0 spiro atoms. The van der Waals surface area contributed by atoms with Crippen LogP contribution in [-0.4, -0.2) is 42.3 Å². The molecule has 2 bridgehead atoms. The third-order valence-corrected chi connectivity index (χ3v) is 7.88. The summed E-state index contributed by atoms with van der Waals surface area (Å²) in [6.45, 7) is 0. The average molecular weight is 438 g/mol. The summed E-state index contributed by atoms with van der Waals surface area (Å²) < 4.78 is 0. The highest BCUT2D eigenvalue weighted by atomic mass is 32.1. The van der Waals surface area contributed by atoms with Crippen molar-refractivity contribution in [3.8, 4) is 0 Å². The normalized spacial score (nSPS) is 29.7. The molecule has 3 unspecified atom stereocenters. The van der Waals surface area contributed by atoms with Gasteiger partial charge < -0.3 is 20.9 Å². The maximum absolute atomic E-state index is 5.65. The quantitative estimate of drug-likeness (QED) is 0.591. The van der Waals surface area contributed by atoms with Crippen molar-refractivity contribution in [1.29, 1.82) is 0 Å². The fourth-order valence-corrected chi connectivity index (χ4v) is 6.33. The highest BCUT2D eigenvalue weighted by Crippen LogP contribution is 2.44. The highest BCUT2D eigenvalue weighted by Gasteiger charge is 2.39. The number of nitrogens with zero attached hydrogens (tertiary/aromatic N) is 2. The van der Waals surface area contributed by atoms with Gasteiger partial charge in [0.15, 0.2) is 5.11 Å². The zero-order chi connectivity index (χ0) is 21.4. The zero-order valence-electron chi connectivity index (χ0n) is 18.7. The van der Waals surface area contributed by atoms with Crippen LogP contribution < -0.4 is 20.9 Å². The number of fused-ring (bicyclic) bond motifs is 3. The van der Waals surface area contributed by atoms with E-state index in [1.807, 2.05) is 0 Å². The Balaban J connectivity index is 1.14. The molecule has 1 heterocycles. The zero-order valence-corrected chi connectivity index (χ0v) is 19.5. The van der Waals surface area contributed by atoms with Crippen molar-refractivity contribution in [1.82, 2.24) is 15.6 Å². The number of anilines is 2. The first-order valence-electron chi connectivity index (χ1n) is 12.0. The van der Waals surface area contributed by atoms with Gasteiger partial charge in [0.1, 0.15) is 5.82 Å². The third-order valence-electron chi connectivity index (χ3n) is 7.65. The number of hydrogen-bond donors (Lipinski definition) is 3. The molecule has 166 valence electrons. The van der Waals surface area contributed by atoms with Crippen molar-refractivity contribution < 1.29 is 0 Å². The minimum absolute atomic E-state index is 0.467. The Kier molecular flexibility index (Phi) is 5.91. The van der Waals surface area contributed by atoms with Crippen LogP contribution in [0.1, 0.15) is 51.4 Å². The molecule has 0 radical (unpaired) electrons. The molecular weight excluding hydrogens is 402 g/mol. The first-order chi connectivity index (χ1) is 15.0. The Bertz CT molecular complexity index is 937. The Morgan fingerprint density at radius 3 is 2.45 bits per heavy atom. The van der Waals surface area contributed by atoms with Crippen molar-refractivity contribution in [3.05, 3.63) is 30.3 Å². The van der Waals surface area contributed by atoms with Gasteiger partial charge in [-0.1, -0.05) is 24.6 Å². The maximum Gasteiger partial charge on any atom is 0.166 e. The molecule has 3 fully saturated rings. The van der Waals surface area contributed by atoms with Gasteiger partial charge in [-0.05, 0) is 75.1 Å². The van der Waals surface area contributed by atoms with Crippen LogP contribution in [0.25, 0.3) is 10.9 Å². The molecule has 3 aliphatic carbocycles. The predicted octanol–water partition coefficient (Wildman–Crippen LogP) is 4.68. The first kappa shape index (κ1) is 20.8. The van der Waals surface area contributed by atoms with Crippen LogP contribution in [-0.2, 0) is 0 Å². The fraction of sp³-hybridized carbons (Fsp3) is 0.600. The van der Waals surface area contributed by atoms with E-state index in [1.54, 1.807) is 0 Å². The van der Waals surface area contributed by atoms with Crippen molar-refractivity contribution in [2.24, 2.45) is 11.8 Å². The van der Waals surface area contributed by atoms with E-state index >= 15 is 0 Å². The molecule has 5 rings (SSSR count). The van der Waals surface area contributed by atoms with Crippen molar-refractivity contribution in [3.63, 3.8) is 0 Å². The van der Waals surface area contributed by atoms with Crippen molar-refractivity contribution >= 4 is 39.7 Å². The number of pyridine rings is 1. The molecule has 3 aliphatic rings. The van der Waals surface area contributed by atoms with E-state index < -0.39 is 0 Å². The van der Waals surface area contributed by atoms with E-state index in [1.165, 1.54) is 36.8 Å². The minimum atomic E-state index is 0.467. The number of hydrogen-bond acceptors (Lipinski definition) is 4. The van der Waals surface area contributed by atoms with Gasteiger partial charge >= 0.3 is 0 Å². The second-order valence-electron chi connectivity index (χ2n) is 10.0. The second kappa shape index (κ2) is 8.81. The van der Waals surface area contributed by atoms with E-state index in [9.17, 15) is 0 Å². The summed E-state index contributed by atoms with van der Waals surface area (Å²) in [4.78, 5) is 7.04. The topological polar surface area (TPSA) is 52.2 Å². The standard InChI is InChI=1S/C25H35N5S/c1-30(2)23-15-24(28-21-6-4-3-5-20(21)23)26-18-9-11-19(12-10-18)27-25(31)29-22-14-16-7-8-17(22)13-16/h3-6,15-19,22H,7-14H2,1-2H3,(H,26,28)(H2,27,29,31)/t16?,17?,18-,19+,22?. The Hall–Kier alpha value is -2.08. The van der Waals surface area contributed by atoms with Crippen LogP contribution >= 0.6 is 12.2 Å². The van der Waals surface area contributed by atoms with Gasteiger partial charge in [0.2, 0.25) is 0 Å². The van der Waals surface area contributed by atoms with E-state index in [0.717, 1.165) is 54.0 Å². The Labute approximate surface area is 191 Å². The number of benzene rings is 1. The van der Waals surface area contributed by atoms with Gasteiger partial charge in [0.25, 0.3) is 0 Å². The number of rotatable bonds is 5. The molecule has 3 N–H and O–H groups in total. The van der Waals surface area contributed by atoms with Gasteiger partial charge in [-0.2, -0.15) is 0 Å². The monoisotopic (exact) mass is 437 g/mol. The fourth-order valence-electron chi connectivity index (χ4n) is 6.01. The van der Waals surface area contributed by atoms with Gasteiger partial charge in [0.05, 0.1) is 5.52 Å². The number of para-hydroxylation sites is 1. The summed E-state index contributed by atoms with van der Waals surface area (Å²) >= 11 is 5.65. The SMILES string of the molecule is CN(C)c1cc(N[C@H]2CC[C@@H](NC(=S)NC3CC4CCC3C4)CC2)nc2ccccc12. The Morgan fingerprint density at radius 1 is 0.968 bits per heavy atom. The number of nitrogens with one attached hydrogen (secondary N) is 3. The van der Waals surface area contributed by atoms with E-state index in [-0.39, 0.29) is 0 Å². The summed E-state index contributed by atoms with van der Waals surface area (Å²) in [5, 5.41) is 13.0. The maximum atomic E-state index is 5.65. The molecule has 3 atom stereocenters. The van der Waals surface area contributed by atoms with Gasteiger partial charge in [-0.15, -0.1) is 0 Å². The van der Waals surface area contributed by atoms with Gasteiger partial charge in [-0.3, -0.25) is 0 Å². The van der Waals surface area contributed by atoms with Crippen LogP contribution in [0, 0.1) is 11.8 Å². The molecule has 2 aromatic rings. The number of aromatic nitrogens is 1. The lowest BCUT2D eigenvalue weighted by Crippen LogP contribution is -2.49. The summed E-state index contributed by atoms with van der Waals surface area (Å²) in [5.74, 6) is 2.78. The van der Waals surface area contributed by atoms with E-state index in [0.29, 0.717) is 18.1 Å². The lowest BCUT2D eigenvalue weighted by Gasteiger charge is -2.32. The molecule has 31 heavy (non-hydrogen) atoms. The molecule has 6 heteroatoms. The molecule has 0 saturated heterocycles. The first-order valence-corrected chi connectivity index (χ1v) is 12.4. The molecule has 0 aliphatic heterocycles. The van der Waals surface area contributed by atoms with E-state index in [4.69, 9.17) is 17.2 Å². The van der Waals surface area contributed by atoms with E-state index in [2.05, 4.69) is 65.3 Å². The van der Waals surface area contributed by atoms with Crippen LogP contribution in [0.5, 0.6) is 0 Å². The second-order valence-corrected chi connectivity index (χ2v) is 10.4. The Morgan fingerprint density at radius 2 is 1.74 bits per heavy atom. The smallest absolute Gasteiger partial charge is 0.166 e. The lowest BCUT2D eigenvalue weighted by atomic mass is 9.91. The summed E-state index contributed by atoms with van der Waals surface area (Å²) in [7, 11) is 4.19. The molecule has 0 amide bonds. The highest BCUT2D eigenvalue weighted by molar-refractivity contribution is 7.80.